The summed E-state index contributed by atoms with van der Waals surface area (Å²) in [5.74, 6) is -0.783. The molecule has 1 atom stereocenters. The van der Waals surface area contributed by atoms with Crippen molar-refractivity contribution in [3.63, 3.8) is 0 Å². The number of rotatable bonds is 4. The van der Waals surface area contributed by atoms with Crippen molar-refractivity contribution in [1.82, 2.24) is 9.55 Å². The highest BCUT2D eigenvalue weighted by atomic mass is 19.4. The molecule has 0 fully saturated rings. The van der Waals surface area contributed by atoms with Crippen LogP contribution in [0.5, 0.6) is 5.75 Å². The van der Waals surface area contributed by atoms with Gasteiger partial charge >= 0.3 is 12.1 Å². The number of pyridine rings is 2. The van der Waals surface area contributed by atoms with Gasteiger partial charge in [0.15, 0.2) is 0 Å². The maximum atomic E-state index is 13.6. The Balaban J connectivity index is 1.51. The predicted octanol–water partition coefficient (Wildman–Crippen LogP) is 5.09. The topological polar surface area (TPSA) is 114 Å². The van der Waals surface area contributed by atoms with Crippen LogP contribution in [0.1, 0.15) is 35.6 Å². The molecule has 0 radical (unpaired) electrons. The Morgan fingerprint density at radius 1 is 1.15 bits per heavy atom. The molecule has 2 aromatic carbocycles. The molecule has 9 nitrogen and oxygen atoms in total. The minimum Gasteiger partial charge on any atom is -0.471 e. The number of halogens is 3. The van der Waals surface area contributed by atoms with Crippen LogP contribution in [0.15, 0.2) is 59.4 Å². The minimum atomic E-state index is -4.54. The van der Waals surface area contributed by atoms with Crippen LogP contribution in [0.4, 0.5) is 18.9 Å². The summed E-state index contributed by atoms with van der Waals surface area (Å²) in [5.41, 5.74) is -1.02. The zero-order valence-corrected chi connectivity index (χ0v) is 20.2. The summed E-state index contributed by atoms with van der Waals surface area (Å²) in [4.78, 5) is 42.4. The van der Waals surface area contributed by atoms with E-state index in [-0.39, 0.29) is 42.1 Å². The van der Waals surface area contributed by atoms with Crippen molar-refractivity contribution in [2.75, 3.05) is 0 Å². The summed E-state index contributed by atoms with van der Waals surface area (Å²) in [7, 11) is 0. The van der Waals surface area contributed by atoms with E-state index in [9.17, 15) is 32.9 Å². The van der Waals surface area contributed by atoms with E-state index in [1.807, 2.05) is 0 Å². The van der Waals surface area contributed by atoms with Gasteiger partial charge in [0.1, 0.15) is 12.4 Å². The maximum Gasteiger partial charge on any atom is 0.416 e. The zero-order valence-electron chi connectivity index (χ0n) is 20.2. The van der Waals surface area contributed by atoms with Crippen LogP contribution in [-0.4, -0.2) is 20.4 Å². The van der Waals surface area contributed by atoms with E-state index >= 15 is 0 Å². The monoisotopic (exact) mass is 537 g/mol. The Kier molecular flexibility index (Phi) is 5.28. The van der Waals surface area contributed by atoms with E-state index in [0.29, 0.717) is 27.9 Å². The number of benzene rings is 2. The van der Waals surface area contributed by atoms with Crippen molar-refractivity contribution in [3.05, 3.63) is 97.3 Å². The standard InChI is InChI=1S/C27H18F3N3O6/c1-2-26(39-16-8-6-15(7-9-16)27(28,29)30)19-11-22-23-14(12-32(22)24(34)18(19)13-38-25(26)35)10-17-20(31-23)4-3-5-21(17)33(36)37/h3-11H,2,12-13H2,1H3/t26-/m0/s1. The van der Waals surface area contributed by atoms with Gasteiger partial charge < -0.3 is 14.0 Å². The number of aromatic nitrogens is 2. The molecule has 4 heterocycles. The highest BCUT2D eigenvalue weighted by Crippen LogP contribution is 2.42. The Bertz CT molecular complexity index is 1760. The molecule has 0 saturated carbocycles. The maximum absolute atomic E-state index is 13.6. The second-order valence-electron chi connectivity index (χ2n) is 9.29. The van der Waals surface area contributed by atoms with E-state index in [2.05, 4.69) is 4.98 Å². The van der Waals surface area contributed by atoms with Crippen molar-refractivity contribution in [2.24, 2.45) is 0 Å². The van der Waals surface area contributed by atoms with Crippen LogP contribution in [0, 0.1) is 10.1 Å². The van der Waals surface area contributed by atoms with Gasteiger partial charge in [0.25, 0.3) is 11.2 Å². The number of nitro benzene ring substituents is 1. The molecular weight excluding hydrogens is 519 g/mol. The Hall–Kier alpha value is -4.74. The molecule has 2 aliphatic heterocycles. The summed E-state index contributed by atoms with van der Waals surface area (Å²) in [5, 5.41) is 11.9. The van der Waals surface area contributed by atoms with Crippen LogP contribution in [-0.2, 0) is 34.5 Å². The number of cyclic esters (lactones) is 1. The number of carbonyl (C=O) groups is 1. The summed E-state index contributed by atoms with van der Waals surface area (Å²) in [6, 6.07) is 11.7. The molecule has 0 spiro atoms. The lowest BCUT2D eigenvalue weighted by atomic mass is 9.85. The third-order valence-electron chi connectivity index (χ3n) is 7.17. The van der Waals surface area contributed by atoms with Gasteiger partial charge in [-0.25, -0.2) is 9.78 Å². The third-order valence-corrected chi connectivity index (χ3v) is 7.17. The normalized spacial score (nSPS) is 17.8. The van der Waals surface area contributed by atoms with Crippen LogP contribution < -0.4 is 10.3 Å². The largest absolute Gasteiger partial charge is 0.471 e. The average molecular weight is 537 g/mol. The van der Waals surface area contributed by atoms with Gasteiger partial charge in [-0.15, -0.1) is 0 Å². The predicted molar refractivity (Wildman–Crippen MR) is 131 cm³/mol. The molecule has 0 aliphatic carbocycles. The van der Waals surface area contributed by atoms with Gasteiger partial charge in [-0.3, -0.25) is 14.9 Å². The molecule has 0 unspecified atom stereocenters. The molecule has 198 valence electrons. The first-order chi connectivity index (χ1) is 18.5. The quantitative estimate of drug-likeness (QED) is 0.178. The Morgan fingerprint density at radius 2 is 1.90 bits per heavy atom. The first kappa shape index (κ1) is 24.6. The summed E-state index contributed by atoms with van der Waals surface area (Å²) >= 11 is 0. The van der Waals surface area contributed by atoms with E-state index in [1.165, 1.54) is 16.7 Å². The highest BCUT2D eigenvalue weighted by molar-refractivity contribution is 5.91. The number of hydrogen-bond donors (Lipinski definition) is 0. The van der Waals surface area contributed by atoms with Crippen LogP contribution in [0.25, 0.3) is 22.3 Å². The van der Waals surface area contributed by atoms with Crippen molar-refractivity contribution in [3.8, 4) is 17.1 Å². The lowest BCUT2D eigenvalue weighted by Gasteiger charge is -2.36. The summed E-state index contributed by atoms with van der Waals surface area (Å²) < 4.78 is 51.9. The van der Waals surface area contributed by atoms with Crippen molar-refractivity contribution < 1.29 is 32.4 Å². The molecule has 39 heavy (non-hydrogen) atoms. The number of nitrogens with zero attached hydrogens (tertiary/aromatic N) is 3. The number of carbonyl (C=O) groups excluding carboxylic acids is 1. The van der Waals surface area contributed by atoms with Crippen LogP contribution in [0.3, 0.4) is 0 Å². The van der Waals surface area contributed by atoms with Gasteiger partial charge in [0, 0.05) is 17.2 Å². The number of nitro groups is 1. The van der Waals surface area contributed by atoms with Gasteiger partial charge in [0.2, 0.25) is 5.60 Å². The molecule has 12 heteroatoms. The molecule has 0 bridgehead atoms. The number of alkyl halides is 3. The van der Waals surface area contributed by atoms with Crippen molar-refractivity contribution >= 4 is 22.6 Å². The molecule has 2 aliphatic rings. The van der Waals surface area contributed by atoms with Gasteiger partial charge in [0.05, 0.1) is 44.9 Å². The molecule has 6 rings (SSSR count). The van der Waals surface area contributed by atoms with Crippen molar-refractivity contribution in [2.45, 2.75) is 38.3 Å². The number of hydrogen-bond acceptors (Lipinski definition) is 7. The second kappa shape index (κ2) is 8.38. The number of fused-ring (bicyclic) bond motifs is 5. The van der Waals surface area contributed by atoms with Gasteiger partial charge in [-0.05, 0) is 48.9 Å². The molecular formula is C27H18F3N3O6. The lowest BCUT2D eigenvalue weighted by Crippen LogP contribution is -2.48. The number of non-ortho nitro benzene ring substituents is 1. The van der Waals surface area contributed by atoms with E-state index < -0.39 is 33.8 Å². The van der Waals surface area contributed by atoms with E-state index in [1.54, 1.807) is 25.1 Å². The SMILES string of the molecule is CC[C@@]1(Oc2ccc(C(F)(F)F)cc2)C(=O)OCc2c1cc1n(c2=O)Cc2cc3c([N+](=O)[O-])cccc3nc2-1. The second-order valence-corrected chi connectivity index (χ2v) is 9.29. The molecule has 0 N–H and O–H groups in total. The van der Waals surface area contributed by atoms with Gasteiger partial charge in [-0.1, -0.05) is 13.0 Å². The number of esters is 1. The fraction of sp³-hybridized carbons (Fsp3) is 0.222. The fourth-order valence-electron chi connectivity index (χ4n) is 5.22. The molecule has 4 aromatic rings. The Labute approximate surface area is 217 Å². The first-order valence-electron chi connectivity index (χ1n) is 11.9. The number of ether oxygens (including phenoxy) is 2. The fourth-order valence-corrected chi connectivity index (χ4v) is 5.22. The van der Waals surface area contributed by atoms with Crippen molar-refractivity contribution in [1.29, 1.82) is 0 Å². The van der Waals surface area contributed by atoms with Crippen LogP contribution in [0.2, 0.25) is 0 Å². The minimum absolute atomic E-state index is 0.00733. The average Bonchev–Trinajstić information content (AvgIpc) is 3.26. The lowest BCUT2D eigenvalue weighted by molar-refractivity contribution is -0.383. The van der Waals surface area contributed by atoms with E-state index in [4.69, 9.17) is 9.47 Å². The third kappa shape index (κ3) is 3.66. The molecule has 0 amide bonds. The first-order valence-corrected chi connectivity index (χ1v) is 11.9. The zero-order chi connectivity index (χ0) is 27.7. The highest BCUT2D eigenvalue weighted by Gasteiger charge is 2.49. The van der Waals surface area contributed by atoms with Crippen LogP contribution >= 0.6 is 0 Å². The summed E-state index contributed by atoms with van der Waals surface area (Å²) in [6.45, 7) is 1.45. The smallest absolute Gasteiger partial charge is 0.416 e. The Morgan fingerprint density at radius 3 is 2.56 bits per heavy atom. The van der Waals surface area contributed by atoms with Gasteiger partial charge in [-0.2, -0.15) is 13.2 Å². The molecule has 2 aromatic heterocycles. The van der Waals surface area contributed by atoms with E-state index in [0.717, 1.165) is 24.3 Å². The summed E-state index contributed by atoms with van der Waals surface area (Å²) in [6.07, 6.45) is -4.52. The molecule has 0 saturated heterocycles.